The maximum Gasteiger partial charge on any atom is 0.123 e. The molecule has 0 N–H and O–H groups in total. The molecule has 0 unspecified atom stereocenters. The van der Waals surface area contributed by atoms with Crippen LogP contribution in [0, 0.1) is 19.7 Å². The molecule has 0 amide bonds. The monoisotopic (exact) mass is 287 g/mol. The van der Waals surface area contributed by atoms with Crippen LogP contribution in [0.1, 0.15) is 32.1 Å². The van der Waals surface area contributed by atoms with Gasteiger partial charge in [0.25, 0.3) is 0 Å². The van der Waals surface area contributed by atoms with Gasteiger partial charge in [0.05, 0.1) is 11.9 Å². The summed E-state index contributed by atoms with van der Waals surface area (Å²) in [5.41, 5.74) is -0.283. The van der Waals surface area contributed by atoms with Crippen molar-refractivity contribution in [3.8, 4) is 11.1 Å². The van der Waals surface area contributed by atoms with Crippen molar-refractivity contribution >= 4 is 11.9 Å². The maximum absolute atomic E-state index is 13.0. The van der Waals surface area contributed by atoms with Gasteiger partial charge in [0, 0.05) is 28.1 Å². The number of pyridine rings is 1. The van der Waals surface area contributed by atoms with Gasteiger partial charge in [0.1, 0.15) is 5.82 Å². The molecular weight excluding hydrogens is 277 g/mol. The SMILES string of the molecule is Cc1nc(C)c(C(=O)[O-])c(-c2ccc(F)cc2)c1C(=O)[O-]. The van der Waals surface area contributed by atoms with Crippen molar-refractivity contribution in [3.63, 3.8) is 0 Å². The third-order valence-electron chi connectivity index (χ3n) is 3.10. The fourth-order valence-electron chi connectivity index (χ4n) is 2.25. The zero-order chi connectivity index (χ0) is 15.7. The number of rotatable bonds is 3. The average molecular weight is 287 g/mol. The normalized spacial score (nSPS) is 10.4. The molecule has 0 fully saturated rings. The second kappa shape index (κ2) is 5.32. The summed E-state index contributed by atoms with van der Waals surface area (Å²) in [6, 6.07) is 4.81. The minimum absolute atomic E-state index is 0.0833. The summed E-state index contributed by atoms with van der Waals surface area (Å²) in [6.45, 7) is 2.87. The average Bonchev–Trinajstić information content (AvgIpc) is 2.37. The first-order chi connectivity index (χ1) is 9.82. The van der Waals surface area contributed by atoms with E-state index < -0.39 is 17.8 Å². The number of hydrogen-bond donors (Lipinski definition) is 0. The Morgan fingerprint density at radius 1 is 0.952 bits per heavy atom. The zero-order valence-corrected chi connectivity index (χ0v) is 11.3. The highest BCUT2D eigenvalue weighted by Crippen LogP contribution is 2.30. The molecular formula is C15H10FNO4-2. The van der Waals surface area contributed by atoms with Crippen LogP contribution < -0.4 is 10.2 Å². The number of carbonyl (C=O) groups is 2. The van der Waals surface area contributed by atoms with Gasteiger partial charge in [-0.25, -0.2) is 4.39 Å². The summed E-state index contributed by atoms with van der Waals surface area (Å²) in [5.74, 6) is -3.63. The van der Waals surface area contributed by atoms with Crippen molar-refractivity contribution < 1.29 is 24.2 Å². The summed E-state index contributed by atoms with van der Waals surface area (Å²) in [7, 11) is 0. The quantitative estimate of drug-likeness (QED) is 0.805. The van der Waals surface area contributed by atoms with Crippen LogP contribution in [-0.4, -0.2) is 16.9 Å². The first kappa shape index (κ1) is 14.6. The fourth-order valence-corrected chi connectivity index (χ4v) is 2.25. The number of aromatic nitrogens is 1. The van der Waals surface area contributed by atoms with E-state index in [9.17, 15) is 24.2 Å². The van der Waals surface area contributed by atoms with Crippen LogP contribution in [0.3, 0.4) is 0 Å². The molecule has 0 aliphatic rings. The number of hydrogen-bond acceptors (Lipinski definition) is 5. The molecule has 2 aromatic rings. The largest absolute Gasteiger partial charge is 0.545 e. The highest BCUT2D eigenvalue weighted by Gasteiger charge is 2.19. The molecule has 0 radical (unpaired) electrons. The van der Waals surface area contributed by atoms with Crippen LogP contribution >= 0.6 is 0 Å². The molecule has 0 spiro atoms. The lowest BCUT2D eigenvalue weighted by Crippen LogP contribution is -2.29. The van der Waals surface area contributed by atoms with Crippen molar-refractivity contribution in [2.24, 2.45) is 0 Å². The van der Waals surface area contributed by atoms with Gasteiger partial charge in [-0.2, -0.15) is 0 Å². The van der Waals surface area contributed by atoms with E-state index in [4.69, 9.17) is 0 Å². The first-order valence-electron chi connectivity index (χ1n) is 6.02. The topological polar surface area (TPSA) is 93.2 Å². The number of halogens is 1. The third-order valence-corrected chi connectivity index (χ3v) is 3.10. The molecule has 1 aromatic carbocycles. The fraction of sp³-hybridized carbons (Fsp3) is 0.133. The van der Waals surface area contributed by atoms with Gasteiger partial charge in [-0.15, -0.1) is 0 Å². The second-order valence-corrected chi connectivity index (χ2v) is 4.49. The van der Waals surface area contributed by atoms with E-state index in [2.05, 4.69) is 4.98 Å². The van der Waals surface area contributed by atoms with Gasteiger partial charge >= 0.3 is 0 Å². The Morgan fingerprint density at radius 3 is 1.76 bits per heavy atom. The Kier molecular flexibility index (Phi) is 3.71. The predicted molar refractivity (Wildman–Crippen MR) is 67.8 cm³/mol. The molecule has 1 aromatic heterocycles. The van der Waals surface area contributed by atoms with Crippen molar-refractivity contribution in [1.82, 2.24) is 4.98 Å². The van der Waals surface area contributed by atoms with Gasteiger partial charge in [-0.3, -0.25) is 4.98 Å². The van der Waals surface area contributed by atoms with Crippen LogP contribution in [0.15, 0.2) is 24.3 Å². The van der Waals surface area contributed by atoms with Crippen molar-refractivity contribution in [2.75, 3.05) is 0 Å². The number of carbonyl (C=O) groups excluding carboxylic acids is 2. The molecule has 1 heterocycles. The van der Waals surface area contributed by atoms with Crippen LogP contribution in [0.5, 0.6) is 0 Å². The third kappa shape index (κ3) is 2.60. The summed E-state index contributed by atoms with van der Waals surface area (Å²) in [5, 5.41) is 22.7. The smallest absolute Gasteiger partial charge is 0.123 e. The molecule has 2 rings (SSSR count). The standard InChI is InChI=1S/C15H12FNO4/c1-7-11(14(18)19)13(9-3-5-10(16)6-4-9)12(15(20)21)8(2)17-7/h3-6H,1-2H3,(H,18,19)(H,20,21)/p-2. The molecule has 21 heavy (non-hydrogen) atoms. The molecule has 5 nitrogen and oxygen atoms in total. The molecule has 0 aliphatic carbocycles. The van der Waals surface area contributed by atoms with Gasteiger partial charge in [-0.1, -0.05) is 12.1 Å². The number of carboxylic acid groups (broad SMARTS) is 2. The van der Waals surface area contributed by atoms with E-state index in [1.54, 1.807) is 0 Å². The summed E-state index contributed by atoms with van der Waals surface area (Å²) >= 11 is 0. The number of aromatic carboxylic acids is 2. The van der Waals surface area contributed by atoms with E-state index in [0.29, 0.717) is 0 Å². The van der Waals surface area contributed by atoms with Crippen molar-refractivity contribution in [3.05, 3.63) is 52.6 Å². The number of carboxylic acids is 2. The second-order valence-electron chi connectivity index (χ2n) is 4.49. The predicted octanol–water partition coefficient (Wildman–Crippen LogP) is 0.232. The first-order valence-corrected chi connectivity index (χ1v) is 6.02. The Balaban J connectivity index is 2.91. The summed E-state index contributed by atoms with van der Waals surface area (Å²) < 4.78 is 13.0. The number of aryl methyl sites for hydroxylation is 2. The van der Waals surface area contributed by atoms with E-state index in [-0.39, 0.29) is 33.6 Å². The number of nitrogens with zero attached hydrogens (tertiary/aromatic N) is 1. The van der Waals surface area contributed by atoms with Gasteiger partial charge < -0.3 is 19.8 Å². The summed E-state index contributed by atoms with van der Waals surface area (Å²) in [6.07, 6.45) is 0. The van der Waals surface area contributed by atoms with Crippen LogP contribution in [0.4, 0.5) is 4.39 Å². The Hall–Kier alpha value is -2.76. The van der Waals surface area contributed by atoms with Gasteiger partial charge in [0.15, 0.2) is 0 Å². The molecule has 0 atom stereocenters. The Morgan fingerprint density at radius 2 is 1.38 bits per heavy atom. The highest BCUT2D eigenvalue weighted by atomic mass is 19.1. The van der Waals surface area contributed by atoms with Gasteiger partial charge in [-0.05, 0) is 31.5 Å². The minimum atomic E-state index is -1.55. The Labute approximate surface area is 119 Å². The van der Waals surface area contributed by atoms with Crippen LogP contribution in [0.2, 0.25) is 0 Å². The van der Waals surface area contributed by atoms with E-state index in [1.165, 1.54) is 26.0 Å². The zero-order valence-electron chi connectivity index (χ0n) is 11.3. The lowest BCUT2D eigenvalue weighted by atomic mass is 9.92. The minimum Gasteiger partial charge on any atom is -0.545 e. The highest BCUT2D eigenvalue weighted by molar-refractivity contribution is 6.04. The number of benzene rings is 1. The van der Waals surface area contributed by atoms with Crippen molar-refractivity contribution in [2.45, 2.75) is 13.8 Å². The summed E-state index contributed by atoms with van der Waals surface area (Å²) in [4.78, 5) is 26.6. The lowest BCUT2D eigenvalue weighted by Gasteiger charge is -2.20. The van der Waals surface area contributed by atoms with Crippen molar-refractivity contribution in [1.29, 1.82) is 0 Å². The molecule has 0 saturated carbocycles. The van der Waals surface area contributed by atoms with E-state index in [1.807, 2.05) is 0 Å². The maximum atomic E-state index is 13.0. The molecule has 0 saturated heterocycles. The van der Waals surface area contributed by atoms with Crippen LogP contribution in [-0.2, 0) is 0 Å². The van der Waals surface area contributed by atoms with E-state index >= 15 is 0 Å². The lowest BCUT2D eigenvalue weighted by molar-refractivity contribution is -0.255. The molecule has 108 valence electrons. The Bertz CT molecular complexity index is 700. The van der Waals surface area contributed by atoms with Crippen LogP contribution in [0.25, 0.3) is 11.1 Å². The molecule has 0 aliphatic heterocycles. The van der Waals surface area contributed by atoms with Gasteiger partial charge in [0.2, 0.25) is 0 Å². The molecule has 0 bridgehead atoms. The molecule has 6 heteroatoms. The van der Waals surface area contributed by atoms with E-state index in [0.717, 1.165) is 12.1 Å².